The first-order chi connectivity index (χ1) is 12.1. The molecule has 0 aliphatic carbocycles. The van der Waals surface area contributed by atoms with Crippen LogP contribution >= 0.6 is 0 Å². The van der Waals surface area contributed by atoms with Crippen molar-refractivity contribution in [2.75, 3.05) is 7.11 Å². The highest BCUT2D eigenvalue weighted by molar-refractivity contribution is 5.94. The zero-order valence-corrected chi connectivity index (χ0v) is 14.6. The SMILES string of the molecule is COC(=O)/C=C/c1cccc2ccn(/N=C/c3c(C)cccc3C)c12. The van der Waals surface area contributed by atoms with Gasteiger partial charge in [0.05, 0.1) is 18.8 Å². The topological polar surface area (TPSA) is 43.6 Å². The summed E-state index contributed by atoms with van der Waals surface area (Å²) in [6.45, 7) is 4.15. The number of hydrogen-bond donors (Lipinski definition) is 0. The van der Waals surface area contributed by atoms with Gasteiger partial charge in [-0.1, -0.05) is 36.4 Å². The molecule has 3 aromatic rings. The van der Waals surface area contributed by atoms with Gasteiger partial charge in [0, 0.05) is 28.8 Å². The predicted octanol–water partition coefficient (Wildman–Crippen LogP) is 4.33. The van der Waals surface area contributed by atoms with Crippen molar-refractivity contribution >= 4 is 29.2 Å². The van der Waals surface area contributed by atoms with Gasteiger partial charge in [0.2, 0.25) is 0 Å². The van der Waals surface area contributed by atoms with Gasteiger partial charge in [-0.25, -0.2) is 9.47 Å². The summed E-state index contributed by atoms with van der Waals surface area (Å²) < 4.78 is 6.50. The number of ether oxygens (including phenoxy) is 1. The Balaban J connectivity index is 2.04. The van der Waals surface area contributed by atoms with Gasteiger partial charge in [0.15, 0.2) is 0 Å². The van der Waals surface area contributed by atoms with Crippen LogP contribution in [0.4, 0.5) is 0 Å². The molecule has 0 saturated carbocycles. The second-order valence-electron chi connectivity index (χ2n) is 5.85. The number of carbonyl (C=O) groups excluding carboxylic acids is 1. The first kappa shape index (κ1) is 16.7. The number of benzene rings is 2. The number of methoxy groups -OCH3 is 1. The minimum Gasteiger partial charge on any atom is -0.466 e. The molecular weight excluding hydrogens is 312 g/mol. The summed E-state index contributed by atoms with van der Waals surface area (Å²) in [5.41, 5.74) is 5.35. The minimum absolute atomic E-state index is 0.380. The van der Waals surface area contributed by atoms with E-state index in [2.05, 4.69) is 35.8 Å². The Bertz CT molecular complexity index is 960. The molecule has 1 aromatic heterocycles. The first-order valence-electron chi connectivity index (χ1n) is 8.07. The van der Waals surface area contributed by atoms with E-state index in [1.807, 2.05) is 47.4 Å². The lowest BCUT2D eigenvalue weighted by Gasteiger charge is -2.05. The largest absolute Gasteiger partial charge is 0.466 e. The number of rotatable bonds is 4. The Morgan fingerprint density at radius 1 is 1.08 bits per heavy atom. The van der Waals surface area contributed by atoms with Crippen LogP contribution in [0.15, 0.2) is 59.8 Å². The molecule has 4 heteroatoms. The molecule has 0 amide bonds. The van der Waals surface area contributed by atoms with Gasteiger partial charge >= 0.3 is 5.97 Å². The average molecular weight is 332 g/mol. The minimum atomic E-state index is -0.380. The number of aryl methyl sites for hydroxylation is 2. The number of nitrogens with zero attached hydrogens (tertiary/aromatic N) is 2. The number of fused-ring (bicyclic) bond motifs is 1. The highest BCUT2D eigenvalue weighted by atomic mass is 16.5. The maximum atomic E-state index is 11.4. The summed E-state index contributed by atoms with van der Waals surface area (Å²) in [5, 5.41) is 5.70. The Morgan fingerprint density at radius 3 is 2.52 bits per heavy atom. The number of para-hydroxylation sites is 1. The van der Waals surface area contributed by atoms with E-state index in [1.165, 1.54) is 24.3 Å². The fourth-order valence-electron chi connectivity index (χ4n) is 2.81. The Labute approximate surface area is 147 Å². The molecule has 1 heterocycles. The van der Waals surface area contributed by atoms with Crippen LogP contribution in [0.2, 0.25) is 0 Å². The molecule has 2 aromatic carbocycles. The van der Waals surface area contributed by atoms with E-state index in [-0.39, 0.29) is 5.97 Å². The lowest BCUT2D eigenvalue weighted by Crippen LogP contribution is -1.96. The van der Waals surface area contributed by atoms with Gasteiger partial charge in [-0.05, 0) is 37.1 Å². The maximum Gasteiger partial charge on any atom is 0.330 e. The molecule has 126 valence electrons. The maximum absolute atomic E-state index is 11.4. The smallest absolute Gasteiger partial charge is 0.330 e. The number of aromatic nitrogens is 1. The molecule has 0 atom stereocenters. The van der Waals surface area contributed by atoms with Crippen molar-refractivity contribution < 1.29 is 9.53 Å². The van der Waals surface area contributed by atoms with Crippen LogP contribution in [-0.4, -0.2) is 24.0 Å². The Kier molecular flexibility index (Phi) is 4.80. The lowest BCUT2D eigenvalue weighted by molar-refractivity contribution is -0.134. The summed E-state index contributed by atoms with van der Waals surface area (Å²) in [6.07, 6.45) is 6.97. The van der Waals surface area contributed by atoms with E-state index >= 15 is 0 Å². The molecule has 25 heavy (non-hydrogen) atoms. The number of hydrogen-bond acceptors (Lipinski definition) is 3. The van der Waals surface area contributed by atoms with Crippen molar-refractivity contribution in [2.24, 2.45) is 5.10 Å². The van der Waals surface area contributed by atoms with E-state index in [9.17, 15) is 4.79 Å². The number of esters is 1. The quantitative estimate of drug-likeness (QED) is 0.405. The molecule has 0 radical (unpaired) electrons. The van der Waals surface area contributed by atoms with Crippen LogP contribution in [0.1, 0.15) is 22.3 Å². The molecule has 0 bridgehead atoms. The zero-order valence-electron chi connectivity index (χ0n) is 14.6. The molecule has 0 aliphatic rings. The highest BCUT2D eigenvalue weighted by Gasteiger charge is 2.05. The van der Waals surface area contributed by atoms with Gasteiger partial charge in [-0.2, -0.15) is 5.10 Å². The van der Waals surface area contributed by atoms with Gasteiger partial charge in [-0.3, -0.25) is 0 Å². The van der Waals surface area contributed by atoms with Gasteiger partial charge in [0.1, 0.15) is 0 Å². The normalized spacial score (nSPS) is 11.6. The van der Waals surface area contributed by atoms with Crippen molar-refractivity contribution in [3.05, 3.63) is 77.0 Å². The van der Waals surface area contributed by atoms with Crippen LogP contribution in [0.5, 0.6) is 0 Å². The molecule has 0 aliphatic heterocycles. The van der Waals surface area contributed by atoms with Crippen LogP contribution in [0, 0.1) is 13.8 Å². The Morgan fingerprint density at radius 2 is 1.80 bits per heavy atom. The van der Waals surface area contributed by atoms with Crippen LogP contribution < -0.4 is 0 Å². The third-order valence-corrected chi connectivity index (χ3v) is 4.18. The summed E-state index contributed by atoms with van der Waals surface area (Å²) in [6, 6.07) is 14.1. The van der Waals surface area contributed by atoms with Crippen molar-refractivity contribution in [1.82, 2.24) is 4.68 Å². The van der Waals surface area contributed by atoms with Crippen molar-refractivity contribution in [2.45, 2.75) is 13.8 Å². The molecular formula is C21H20N2O2. The Hall–Kier alpha value is -3.14. The van der Waals surface area contributed by atoms with Crippen molar-refractivity contribution in [3.63, 3.8) is 0 Å². The fourth-order valence-corrected chi connectivity index (χ4v) is 2.81. The first-order valence-corrected chi connectivity index (χ1v) is 8.07. The van der Waals surface area contributed by atoms with Gasteiger partial charge in [-0.15, -0.1) is 0 Å². The van der Waals surface area contributed by atoms with E-state index in [1.54, 1.807) is 6.08 Å². The van der Waals surface area contributed by atoms with E-state index in [4.69, 9.17) is 0 Å². The summed E-state index contributed by atoms with van der Waals surface area (Å²) in [4.78, 5) is 11.4. The summed E-state index contributed by atoms with van der Waals surface area (Å²) in [5.74, 6) is -0.380. The monoisotopic (exact) mass is 332 g/mol. The van der Waals surface area contributed by atoms with Crippen LogP contribution in [-0.2, 0) is 9.53 Å². The molecule has 0 saturated heterocycles. The third-order valence-electron chi connectivity index (χ3n) is 4.18. The van der Waals surface area contributed by atoms with Crippen molar-refractivity contribution in [3.8, 4) is 0 Å². The number of carbonyl (C=O) groups is 1. The standard InChI is InChI=1S/C21H20N2O2/c1-15-6-4-7-16(2)19(15)14-22-23-13-12-18-9-5-8-17(21(18)23)10-11-20(24)25-3/h4-14H,1-3H3/b11-10+,22-14+. The van der Waals surface area contributed by atoms with E-state index < -0.39 is 0 Å². The van der Waals surface area contributed by atoms with Crippen LogP contribution in [0.25, 0.3) is 17.0 Å². The lowest BCUT2D eigenvalue weighted by atomic mass is 10.0. The third kappa shape index (κ3) is 3.53. The fraction of sp³-hybridized carbons (Fsp3) is 0.143. The molecule has 0 N–H and O–H groups in total. The second-order valence-corrected chi connectivity index (χ2v) is 5.85. The second kappa shape index (κ2) is 7.18. The van der Waals surface area contributed by atoms with Crippen molar-refractivity contribution in [1.29, 1.82) is 0 Å². The highest BCUT2D eigenvalue weighted by Crippen LogP contribution is 2.22. The summed E-state index contributed by atoms with van der Waals surface area (Å²) in [7, 11) is 1.37. The van der Waals surface area contributed by atoms with E-state index in [0.717, 1.165) is 22.0 Å². The zero-order chi connectivity index (χ0) is 17.8. The molecule has 0 fully saturated rings. The molecule has 4 nitrogen and oxygen atoms in total. The van der Waals surface area contributed by atoms with E-state index in [0.29, 0.717) is 0 Å². The van der Waals surface area contributed by atoms with Gasteiger partial charge < -0.3 is 4.74 Å². The predicted molar refractivity (Wildman–Crippen MR) is 102 cm³/mol. The van der Waals surface area contributed by atoms with Crippen LogP contribution in [0.3, 0.4) is 0 Å². The molecule has 0 unspecified atom stereocenters. The average Bonchev–Trinajstić information content (AvgIpc) is 3.03. The molecule has 0 spiro atoms. The van der Waals surface area contributed by atoms with Gasteiger partial charge in [0.25, 0.3) is 0 Å². The molecule has 3 rings (SSSR count). The summed E-state index contributed by atoms with van der Waals surface area (Å²) >= 11 is 0.